The van der Waals surface area contributed by atoms with Crippen LogP contribution in [-0.4, -0.2) is 155 Å². The minimum Gasteiger partial charge on any atom is -0.481 e. The van der Waals surface area contributed by atoms with Crippen LogP contribution in [0.15, 0.2) is 48.6 Å². The molecule has 0 saturated carbocycles. The smallest absolute Gasteiger partial charge is 0.334 e. The Morgan fingerprint density at radius 1 is 0.713 bits per heavy atom. The number of guanidine groups is 2. The lowest BCUT2D eigenvalue weighted by atomic mass is 9.64. The lowest BCUT2D eigenvalue weighted by molar-refractivity contribution is -0.149. The summed E-state index contributed by atoms with van der Waals surface area (Å²) in [6.45, 7) is 11.0. The third-order valence-corrected chi connectivity index (χ3v) is 15.4. The minimum atomic E-state index is -1.76. The number of rotatable bonds is 27. The molecule has 3 aromatic rings. The number of fused-ring (bicyclic) bond motifs is 11. The highest BCUT2D eigenvalue weighted by molar-refractivity contribution is 6.02. The van der Waals surface area contributed by atoms with Crippen LogP contribution in [-0.2, 0) is 69.2 Å². The second-order valence-electron chi connectivity index (χ2n) is 21.0. The van der Waals surface area contributed by atoms with Crippen molar-refractivity contribution in [3.05, 3.63) is 93.6 Å². The summed E-state index contributed by atoms with van der Waals surface area (Å²) in [5, 5.41) is 48.8. The Balaban J connectivity index is 1.36. The predicted octanol–water partition coefficient (Wildman–Crippen LogP) is 2.29. The molecule has 4 amide bonds. The van der Waals surface area contributed by atoms with E-state index < -0.39 is 95.9 Å². The van der Waals surface area contributed by atoms with Crippen LogP contribution >= 0.6 is 0 Å². The van der Waals surface area contributed by atoms with Gasteiger partial charge in [-0.05, 0) is 124 Å². The lowest BCUT2D eigenvalue weighted by Gasteiger charge is -2.36. The van der Waals surface area contributed by atoms with Gasteiger partial charge in [-0.3, -0.25) is 49.4 Å². The van der Waals surface area contributed by atoms with E-state index in [1.807, 2.05) is 39.8 Å². The first-order chi connectivity index (χ1) is 41.3. The number of aromatic amines is 2. The van der Waals surface area contributed by atoms with Crippen LogP contribution in [0.1, 0.15) is 110 Å². The topological polar surface area (TPSA) is 451 Å². The number of aromatic nitrogens is 4. The Bertz CT molecular complexity index is 3580. The SMILES string of the molecule is C=Cc1c(C)c2cc3nc(cc4[nH]c(cc5nc(cc1[nH]2)C(C)=C5CCC(=O)NC(CCCNC(=N)N)C(=O)NCC(=O)NC(CC(=O)O)C(=O)N[C@@H](CCCNC(=N)N)C(=O)O)c(CCC(=O)OC)c4C)[C@@]1(C)C3=CC=C(C(=O)OC)C1C(=O)OC. The molecule has 0 saturated heterocycles. The van der Waals surface area contributed by atoms with Crippen molar-refractivity contribution in [2.75, 3.05) is 41.0 Å². The quantitative estimate of drug-likeness (QED) is 0.0171. The first-order valence-electron chi connectivity index (χ1n) is 27.8. The Morgan fingerprint density at radius 2 is 1.33 bits per heavy atom. The summed E-state index contributed by atoms with van der Waals surface area (Å²) in [5.74, 6) is -10.3. The summed E-state index contributed by atoms with van der Waals surface area (Å²) < 4.78 is 15.5. The highest BCUT2D eigenvalue weighted by Gasteiger charge is 2.53. The van der Waals surface area contributed by atoms with E-state index >= 15 is 0 Å². The van der Waals surface area contributed by atoms with Crippen molar-refractivity contribution in [2.24, 2.45) is 17.4 Å². The number of hydrogen-bond acceptors (Lipinski definition) is 16. The number of nitrogens with two attached hydrogens (primary N) is 2. The minimum absolute atomic E-state index is 0.00477. The first kappa shape index (κ1) is 66.0. The van der Waals surface area contributed by atoms with Gasteiger partial charge in [-0.15, -0.1) is 0 Å². The molecule has 16 N–H and O–H groups in total. The molecule has 2 aliphatic heterocycles. The van der Waals surface area contributed by atoms with Crippen LogP contribution in [0.3, 0.4) is 0 Å². The van der Waals surface area contributed by atoms with Crippen molar-refractivity contribution >= 4 is 110 Å². The number of carbonyl (C=O) groups excluding carboxylic acids is 7. The van der Waals surface area contributed by atoms with E-state index in [-0.39, 0.29) is 81.9 Å². The van der Waals surface area contributed by atoms with E-state index in [1.54, 1.807) is 30.4 Å². The zero-order chi connectivity index (χ0) is 64.0. The highest BCUT2D eigenvalue weighted by Crippen LogP contribution is 2.52. The second-order valence-corrected chi connectivity index (χ2v) is 21.0. The van der Waals surface area contributed by atoms with E-state index in [4.69, 9.17) is 46.5 Å². The third kappa shape index (κ3) is 15.8. The average Bonchev–Trinajstić information content (AvgIpc) is 1.63. The molecular formula is C59H74N14O14. The van der Waals surface area contributed by atoms with Gasteiger partial charge in [0.05, 0.1) is 68.1 Å². The van der Waals surface area contributed by atoms with Gasteiger partial charge in [0.1, 0.15) is 24.0 Å². The number of nitrogens with zero attached hydrogens (tertiary/aromatic N) is 2. The van der Waals surface area contributed by atoms with Crippen molar-refractivity contribution in [3.63, 3.8) is 0 Å². The summed E-state index contributed by atoms with van der Waals surface area (Å²) in [6, 6.07) is 2.78. The number of methoxy groups -OCH3 is 3. The van der Waals surface area contributed by atoms with Crippen molar-refractivity contribution in [3.8, 4) is 0 Å². The van der Waals surface area contributed by atoms with E-state index in [1.165, 1.54) is 21.3 Å². The molecule has 3 unspecified atom stereocenters. The number of aryl methyl sites for hydroxylation is 3. The summed E-state index contributed by atoms with van der Waals surface area (Å²) in [5.41, 5.74) is 18.7. The van der Waals surface area contributed by atoms with E-state index in [9.17, 15) is 53.4 Å². The molecule has 5 heterocycles. The van der Waals surface area contributed by atoms with Crippen LogP contribution in [0.5, 0.6) is 0 Å². The average molecular weight is 1200 g/mol. The van der Waals surface area contributed by atoms with Crippen LogP contribution in [0, 0.1) is 30.6 Å². The highest BCUT2D eigenvalue weighted by atomic mass is 16.5. The van der Waals surface area contributed by atoms with Gasteiger partial charge in [0, 0.05) is 53.6 Å². The number of nitrogens with one attached hydrogen (secondary N) is 10. The van der Waals surface area contributed by atoms with Gasteiger partial charge in [0.25, 0.3) is 0 Å². The Hall–Kier alpha value is -10.2. The van der Waals surface area contributed by atoms with Gasteiger partial charge in [-0.1, -0.05) is 24.8 Å². The van der Waals surface area contributed by atoms with Crippen molar-refractivity contribution in [2.45, 2.75) is 109 Å². The Labute approximate surface area is 499 Å². The van der Waals surface area contributed by atoms with Crippen LogP contribution < -0.4 is 43.4 Å². The summed E-state index contributed by atoms with van der Waals surface area (Å²) in [4.78, 5) is 135. The molecule has 464 valence electrons. The molecule has 0 aromatic carbocycles. The molecular weight excluding hydrogens is 1130 g/mol. The molecule has 6 rings (SSSR count). The molecule has 87 heavy (non-hydrogen) atoms. The molecule has 3 aliphatic rings. The van der Waals surface area contributed by atoms with Gasteiger partial charge in [-0.2, -0.15) is 0 Å². The van der Waals surface area contributed by atoms with Gasteiger partial charge in [-0.25, -0.2) is 14.6 Å². The van der Waals surface area contributed by atoms with Gasteiger partial charge in [0.2, 0.25) is 23.6 Å². The molecule has 0 radical (unpaired) electrons. The number of hydrogen-bond donors (Lipinski definition) is 14. The number of ether oxygens (including phenoxy) is 3. The van der Waals surface area contributed by atoms with Crippen LogP contribution in [0.2, 0.25) is 0 Å². The van der Waals surface area contributed by atoms with Crippen LogP contribution in [0.4, 0.5) is 0 Å². The maximum atomic E-state index is 14.1. The normalized spacial score (nSPS) is 16.0. The molecule has 28 nitrogen and oxygen atoms in total. The number of aliphatic carboxylic acids is 2. The van der Waals surface area contributed by atoms with Gasteiger partial charge < -0.3 is 77.8 Å². The van der Waals surface area contributed by atoms with Crippen LogP contribution in [0.25, 0.3) is 44.9 Å². The zero-order valence-corrected chi connectivity index (χ0v) is 49.4. The molecule has 5 atom stereocenters. The second kappa shape index (κ2) is 29.1. The first-order valence-corrected chi connectivity index (χ1v) is 27.8. The van der Waals surface area contributed by atoms with Crippen molar-refractivity contribution < 1.29 is 67.6 Å². The summed E-state index contributed by atoms with van der Waals surface area (Å²) in [6.07, 6.45) is 4.31. The number of esters is 3. The number of allylic oxidation sites excluding steroid dienone is 5. The predicted molar refractivity (Wildman–Crippen MR) is 321 cm³/mol. The largest absolute Gasteiger partial charge is 0.481 e. The molecule has 1 aliphatic carbocycles. The standard InChI is InChI=1S/C59H74N14O14/c1-9-31-28(2)39-23-44-35-17-14-34(55(83)86-7)51(56(84)87-8)59(35,5)46(70-44)25-40-30(4)33(16-19-50(78)85-6)43(69-40)24-42-32(29(3)38(68-42)22-41(31)67-39)15-18-47(74)71-36(12-10-20-64-57(60)61)52(79)66-27-48(75)72-45(26-49(76)77)53(80)73-37(54(81)82)13-11-21-65-58(62)63/h9,14,17,22-25,36-37,45,51,67,69H,1,10-13,15-16,18-21,26-27H2,2-8H3,(H,66,79)(H,71,74)(H,72,75)(H,73,80)(H,76,77)(H,81,82)(H4,60,61,64)(H4,62,63,65)/t36?,37-,45?,51?,59+/m0/s1. The number of carboxylic acids is 2. The van der Waals surface area contributed by atoms with E-state index in [2.05, 4.69) is 48.4 Å². The van der Waals surface area contributed by atoms with Crippen molar-refractivity contribution in [1.29, 1.82) is 10.8 Å². The monoisotopic (exact) mass is 1200 g/mol. The Morgan fingerprint density at radius 3 is 1.94 bits per heavy atom. The number of H-pyrrole nitrogens is 2. The zero-order valence-electron chi connectivity index (χ0n) is 49.4. The van der Waals surface area contributed by atoms with E-state index in [0.717, 1.165) is 16.7 Å². The van der Waals surface area contributed by atoms with Crippen molar-refractivity contribution in [1.82, 2.24) is 51.8 Å². The Kier molecular flexibility index (Phi) is 22.1. The maximum Gasteiger partial charge on any atom is 0.334 e. The number of amides is 4. The number of carboxylic acid groups (broad SMARTS) is 2. The maximum absolute atomic E-state index is 14.1. The fourth-order valence-electron chi connectivity index (χ4n) is 10.7. The lowest BCUT2D eigenvalue weighted by Crippen LogP contribution is -2.54. The fraction of sp³-hybridized carbons (Fsp3) is 0.407. The van der Waals surface area contributed by atoms with E-state index in [0.29, 0.717) is 67.1 Å². The summed E-state index contributed by atoms with van der Waals surface area (Å²) >= 11 is 0. The molecule has 0 fully saturated rings. The summed E-state index contributed by atoms with van der Waals surface area (Å²) in [7, 11) is 3.75. The fourth-order valence-corrected chi connectivity index (χ4v) is 10.7. The van der Waals surface area contributed by atoms with Gasteiger partial charge in [0.15, 0.2) is 11.9 Å². The molecule has 8 bridgehead atoms. The molecule has 0 spiro atoms. The van der Waals surface area contributed by atoms with Gasteiger partial charge >= 0.3 is 29.8 Å². The number of carbonyl (C=O) groups is 9. The molecule has 28 heteroatoms. The molecule has 3 aromatic heterocycles. The third-order valence-electron chi connectivity index (χ3n) is 15.4.